The molecule has 0 saturated heterocycles. The molecule has 0 amide bonds. The van der Waals surface area contributed by atoms with E-state index in [4.69, 9.17) is 4.43 Å². The summed E-state index contributed by atoms with van der Waals surface area (Å²) in [5, 5.41) is 0.690. The highest BCUT2D eigenvalue weighted by Crippen LogP contribution is 2.68. The highest BCUT2D eigenvalue weighted by Gasteiger charge is 2.67. The molecule has 116 valence electrons. The SMILES string of the molecule is C=CCCS[C@@H]1[C@H]2CC[C@@](C)([C@@H]1O[Si](C)(C)C)C2(C)C. The van der Waals surface area contributed by atoms with Crippen LogP contribution in [0.3, 0.4) is 0 Å². The predicted octanol–water partition coefficient (Wildman–Crippen LogP) is 5.34. The van der Waals surface area contributed by atoms with Crippen LogP contribution in [0.15, 0.2) is 12.7 Å². The Morgan fingerprint density at radius 3 is 2.50 bits per heavy atom. The molecule has 0 radical (unpaired) electrons. The van der Waals surface area contributed by atoms with Gasteiger partial charge in [0.15, 0.2) is 8.32 Å². The first-order chi connectivity index (χ1) is 9.13. The fraction of sp³-hybridized carbons (Fsp3) is 0.882. The lowest BCUT2D eigenvalue weighted by Crippen LogP contribution is -2.46. The Labute approximate surface area is 131 Å². The van der Waals surface area contributed by atoms with Gasteiger partial charge in [0.1, 0.15) is 0 Å². The lowest BCUT2D eigenvalue weighted by atomic mass is 9.70. The summed E-state index contributed by atoms with van der Waals surface area (Å²) in [4.78, 5) is 0. The van der Waals surface area contributed by atoms with Crippen LogP contribution in [0.5, 0.6) is 0 Å². The molecule has 0 aromatic heterocycles. The molecule has 0 aromatic rings. The van der Waals surface area contributed by atoms with E-state index in [1.165, 1.54) is 18.6 Å². The van der Waals surface area contributed by atoms with Gasteiger partial charge in [-0.3, -0.25) is 0 Å². The molecular weight excluding hydrogens is 280 g/mol. The average molecular weight is 313 g/mol. The molecule has 2 aliphatic rings. The van der Waals surface area contributed by atoms with Crippen molar-refractivity contribution in [2.45, 2.75) is 71.0 Å². The number of hydrogen-bond donors (Lipinski definition) is 0. The predicted molar refractivity (Wildman–Crippen MR) is 93.9 cm³/mol. The van der Waals surface area contributed by atoms with E-state index >= 15 is 0 Å². The minimum atomic E-state index is -1.49. The molecule has 2 saturated carbocycles. The molecule has 2 rings (SSSR count). The maximum atomic E-state index is 6.71. The van der Waals surface area contributed by atoms with Crippen LogP contribution in [0.25, 0.3) is 0 Å². The number of thioether (sulfide) groups is 1. The second-order valence-corrected chi connectivity index (χ2v) is 14.1. The number of hydrogen-bond acceptors (Lipinski definition) is 2. The largest absolute Gasteiger partial charge is 0.413 e. The number of fused-ring (bicyclic) bond motifs is 2. The first kappa shape index (κ1) is 16.6. The van der Waals surface area contributed by atoms with E-state index in [0.29, 0.717) is 22.2 Å². The fourth-order valence-electron chi connectivity index (χ4n) is 4.29. The molecule has 2 bridgehead atoms. The first-order valence-electron chi connectivity index (χ1n) is 8.04. The van der Waals surface area contributed by atoms with E-state index in [1.54, 1.807) is 0 Å². The van der Waals surface area contributed by atoms with Gasteiger partial charge in [-0.05, 0) is 61.4 Å². The van der Waals surface area contributed by atoms with Crippen molar-refractivity contribution < 1.29 is 4.43 Å². The number of rotatable bonds is 6. The summed E-state index contributed by atoms with van der Waals surface area (Å²) >= 11 is 2.15. The van der Waals surface area contributed by atoms with Gasteiger partial charge in [0.05, 0.1) is 6.10 Å². The van der Waals surface area contributed by atoms with Crippen LogP contribution in [0.1, 0.15) is 40.0 Å². The van der Waals surface area contributed by atoms with E-state index in [2.05, 4.69) is 58.8 Å². The Morgan fingerprint density at radius 2 is 1.95 bits per heavy atom. The number of allylic oxidation sites excluding steroid dienone is 1. The van der Waals surface area contributed by atoms with Crippen molar-refractivity contribution in [3.05, 3.63) is 12.7 Å². The molecule has 0 heterocycles. The molecule has 0 N–H and O–H groups in total. The van der Waals surface area contributed by atoms with Crippen LogP contribution in [0, 0.1) is 16.7 Å². The molecule has 2 fully saturated rings. The van der Waals surface area contributed by atoms with Crippen LogP contribution in [-0.2, 0) is 4.43 Å². The Balaban J connectivity index is 2.22. The third-order valence-corrected chi connectivity index (χ3v) is 8.20. The topological polar surface area (TPSA) is 9.23 Å². The van der Waals surface area contributed by atoms with Gasteiger partial charge in [0.2, 0.25) is 0 Å². The Kier molecular flexibility index (Phi) is 4.55. The summed E-state index contributed by atoms with van der Waals surface area (Å²) in [6, 6.07) is 0. The van der Waals surface area contributed by atoms with E-state index in [0.717, 1.165) is 12.3 Å². The lowest BCUT2D eigenvalue weighted by molar-refractivity contribution is 0.0271. The van der Waals surface area contributed by atoms with E-state index < -0.39 is 8.32 Å². The maximum Gasteiger partial charge on any atom is 0.184 e. The van der Waals surface area contributed by atoms with Crippen molar-refractivity contribution in [1.82, 2.24) is 0 Å². The van der Waals surface area contributed by atoms with Gasteiger partial charge in [-0.2, -0.15) is 11.8 Å². The van der Waals surface area contributed by atoms with Crippen molar-refractivity contribution in [1.29, 1.82) is 0 Å². The Bertz CT molecular complexity index is 374. The Hall–Kier alpha value is 0.267. The van der Waals surface area contributed by atoms with Crippen molar-refractivity contribution in [3.63, 3.8) is 0 Å². The maximum absolute atomic E-state index is 6.71. The molecule has 20 heavy (non-hydrogen) atoms. The second-order valence-electron chi connectivity index (χ2n) is 8.35. The van der Waals surface area contributed by atoms with Crippen LogP contribution in [0.2, 0.25) is 19.6 Å². The second kappa shape index (κ2) is 5.48. The zero-order valence-corrected chi connectivity index (χ0v) is 16.0. The van der Waals surface area contributed by atoms with Gasteiger partial charge in [-0.25, -0.2) is 0 Å². The molecule has 2 aliphatic carbocycles. The van der Waals surface area contributed by atoms with Crippen LogP contribution in [0.4, 0.5) is 0 Å². The minimum absolute atomic E-state index is 0.365. The molecule has 0 unspecified atom stereocenters. The molecule has 0 aromatic carbocycles. The smallest absolute Gasteiger partial charge is 0.184 e. The van der Waals surface area contributed by atoms with Crippen molar-refractivity contribution in [2.24, 2.45) is 16.7 Å². The van der Waals surface area contributed by atoms with Crippen LogP contribution < -0.4 is 0 Å². The molecule has 0 aliphatic heterocycles. The van der Waals surface area contributed by atoms with E-state index in [-0.39, 0.29) is 0 Å². The standard InChI is InChI=1S/C17H32OSSi/c1-8-9-12-19-14-13-10-11-17(4,16(13,2)3)15(14)18-20(5,6)7/h8,13-15H,1,9-12H2,2-7H3/t13-,14-,15-,17+/m1/s1. The van der Waals surface area contributed by atoms with Crippen LogP contribution >= 0.6 is 11.8 Å². The molecular formula is C17H32OSSi. The lowest BCUT2D eigenvalue weighted by Gasteiger charge is -2.43. The van der Waals surface area contributed by atoms with Gasteiger partial charge >= 0.3 is 0 Å². The first-order valence-corrected chi connectivity index (χ1v) is 12.5. The zero-order chi connectivity index (χ0) is 15.2. The summed E-state index contributed by atoms with van der Waals surface area (Å²) in [6.07, 6.45) is 6.35. The normalized spacial score (nSPS) is 39.2. The zero-order valence-electron chi connectivity index (χ0n) is 14.2. The molecule has 3 heteroatoms. The van der Waals surface area contributed by atoms with Crippen LogP contribution in [-0.4, -0.2) is 25.4 Å². The quantitative estimate of drug-likeness (QED) is 0.372. The molecule has 0 spiro atoms. The third-order valence-electron chi connectivity index (χ3n) is 5.81. The summed E-state index contributed by atoms with van der Waals surface area (Å²) in [5.41, 5.74) is 0.785. The summed E-state index contributed by atoms with van der Waals surface area (Å²) < 4.78 is 6.71. The van der Waals surface area contributed by atoms with E-state index in [9.17, 15) is 0 Å². The van der Waals surface area contributed by atoms with E-state index in [1.807, 2.05) is 6.08 Å². The summed E-state index contributed by atoms with van der Waals surface area (Å²) in [7, 11) is -1.49. The summed E-state index contributed by atoms with van der Waals surface area (Å²) in [5.74, 6) is 2.02. The van der Waals surface area contributed by atoms with Gasteiger partial charge in [0.25, 0.3) is 0 Å². The van der Waals surface area contributed by atoms with Gasteiger partial charge < -0.3 is 4.43 Å². The average Bonchev–Trinajstić information content (AvgIpc) is 2.61. The minimum Gasteiger partial charge on any atom is -0.413 e. The molecule has 4 atom stereocenters. The van der Waals surface area contributed by atoms with Gasteiger partial charge in [-0.1, -0.05) is 26.8 Å². The molecule has 1 nitrogen and oxygen atoms in total. The van der Waals surface area contributed by atoms with Crippen molar-refractivity contribution in [3.8, 4) is 0 Å². The monoisotopic (exact) mass is 312 g/mol. The fourth-order valence-corrected chi connectivity index (χ4v) is 7.37. The summed E-state index contributed by atoms with van der Waals surface area (Å²) in [6.45, 7) is 18.3. The third kappa shape index (κ3) is 2.66. The van der Waals surface area contributed by atoms with Crippen molar-refractivity contribution in [2.75, 3.05) is 5.75 Å². The highest BCUT2D eigenvalue weighted by atomic mass is 32.2. The highest BCUT2D eigenvalue weighted by molar-refractivity contribution is 8.00. The van der Waals surface area contributed by atoms with Crippen molar-refractivity contribution >= 4 is 20.1 Å². The van der Waals surface area contributed by atoms with Gasteiger partial charge in [-0.15, -0.1) is 6.58 Å². The Morgan fingerprint density at radius 1 is 1.30 bits per heavy atom. The van der Waals surface area contributed by atoms with Gasteiger partial charge in [0, 0.05) is 5.25 Å².